The Morgan fingerprint density at radius 1 is 1.56 bits per heavy atom. The minimum atomic E-state index is -0.151. The first-order chi connectivity index (χ1) is 7.67. The molecule has 0 N–H and O–H groups in total. The first kappa shape index (κ1) is 13.0. The number of esters is 1. The van der Waals surface area contributed by atoms with E-state index in [2.05, 4.69) is 17.3 Å². The summed E-state index contributed by atoms with van der Waals surface area (Å²) >= 11 is 1.61. The van der Waals surface area contributed by atoms with Crippen LogP contribution in [-0.2, 0) is 16.0 Å². The largest absolute Gasteiger partial charge is 0.466 e. The van der Waals surface area contributed by atoms with Crippen LogP contribution in [0.4, 0.5) is 5.13 Å². The van der Waals surface area contributed by atoms with Crippen LogP contribution in [0.5, 0.6) is 0 Å². The quantitative estimate of drug-likeness (QED) is 0.716. The summed E-state index contributed by atoms with van der Waals surface area (Å²) in [4.78, 5) is 17.6. The normalized spacial score (nSPS) is 10.2. The van der Waals surface area contributed by atoms with Crippen LogP contribution in [0.2, 0.25) is 0 Å². The molecule has 0 saturated heterocycles. The number of nitrogens with zero attached hydrogens (tertiary/aromatic N) is 2. The van der Waals surface area contributed by atoms with Gasteiger partial charge in [0.1, 0.15) is 0 Å². The van der Waals surface area contributed by atoms with Gasteiger partial charge in [0.15, 0.2) is 5.13 Å². The van der Waals surface area contributed by atoms with Gasteiger partial charge in [-0.2, -0.15) is 0 Å². The van der Waals surface area contributed by atoms with E-state index in [-0.39, 0.29) is 5.97 Å². The molecule has 0 aliphatic heterocycles. The van der Waals surface area contributed by atoms with Crippen molar-refractivity contribution in [3.8, 4) is 0 Å². The average Bonchev–Trinajstić information content (AvgIpc) is 2.75. The molecule has 90 valence electrons. The SMILES string of the molecule is CCOC(=O)CCN(C)c1nc(CC)cs1. The Balaban J connectivity index is 2.40. The van der Waals surface area contributed by atoms with Gasteiger partial charge in [0.2, 0.25) is 0 Å². The molecule has 0 saturated carbocycles. The van der Waals surface area contributed by atoms with E-state index in [9.17, 15) is 4.79 Å². The molecule has 0 spiro atoms. The van der Waals surface area contributed by atoms with Crippen molar-refractivity contribution < 1.29 is 9.53 Å². The summed E-state index contributed by atoms with van der Waals surface area (Å²) in [5.74, 6) is -0.151. The highest BCUT2D eigenvalue weighted by Gasteiger charge is 2.08. The fourth-order valence-electron chi connectivity index (χ4n) is 1.22. The van der Waals surface area contributed by atoms with Crippen LogP contribution in [0.3, 0.4) is 0 Å². The molecule has 16 heavy (non-hydrogen) atoms. The van der Waals surface area contributed by atoms with Crippen LogP contribution in [-0.4, -0.2) is 31.2 Å². The summed E-state index contributed by atoms with van der Waals surface area (Å²) in [7, 11) is 1.94. The maximum absolute atomic E-state index is 11.2. The van der Waals surface area contributed by atoms with Gasteiger partial charge in [0.05, 0.1) is 18.7 Å². The third-order valence-corrected chi connectivity index (χ3v) is 3.19. The Morgan fingerprint density at radius 2 is 2.31 bits per heavy atom. The van der Waals surface area contributed by atoms with Crippen molar-refractivity contribution in [1.29, 1.82) is 0 Å². The van der Waals surface area contributed by atoms with E-state index in [4.69, 9.17) is 4.74 Å². The average molecular weight is 242 g/mol. The second-order valence-electron chi connectivity index (χ2n) is 3.45. The van der Waals surface area contributed by atoms with Crippen LogP contribution in [0.25, 0.3) is 0 Å². The lowest BCUT2D eigenvalue weighted by molar-refractivity contribution is -0.142. The Labute approximate surface area is 100 Å². The number of hydrogen-bond donors (Lipinski definition) is 0. The molecule has 0 aliphatic carbocycles. The smallest absolute Gasteiger partial charge is 0.307 e. The highest BCUT2D eigenvalue weighted by molar-refractivity contribution is 7.13. The highest BCUT2D eigenvalue weighted by atomic mass is 32.1. The summed E-state index contributed by atoms with van der Waals surface area (Å²) < 4.78 is 4.87. The van der Waals surface area contributed by atoms with Crippen molar-refractivity contribution >= 4 is 22.4 Å². The lowest BCUT2D eigenvalue weighted by Crippen LogP contribution is -2.21. The number of aryl methyl sites for hydroxylation is 1. The Kier molecular flexibility index (Phi) is 5.25. The number of carbonyl (C=O) groups excluding carboxylic acids is 1. The van der Waals surface area contributed by atoms with Crippen LogP contribution >= 0.6 is 11.3 Å². The van der Waals surface area contributed by atoms with Gasteiger partial charge in [-0.3, -0.25) is 4.79 Å². The molecule has 0 unspecified atom stereocenters. The summed E-state index contributed by atoms with van der Waals surface area (Å²) in [6.45, 7) is 4.99. The molecular formula is C11H18N2O2S. The maximum Gasteiger partial charge on any atom is 0.307 e. The van der Waals surface area contributed by atoms with Crippen molar-refractivity contribution in [3.05, 3.63) is 11.1 Å². The van der Waals surface area contributed by atoms with Crippen LogP contribution < -0.4 is 4.90 Å². The van der Waals surface area contributed by atoms with Gasteiger partial charge in [0.25, 0.3) is 0 Å². The number of carbonyl (C=O) groups is 1. The van der Waals surface area contributed by atoms with Gasteiger partial charge in [-0.15, -0.1) is 11.3 Å². The molecular weight excluding hydrogens is 224 g/mol. The molecule has 1 rings (SSSR count). The third kappa shape index (κ3) is 3.81. The number of aromatic nitrogens is 1. The van der Waals surface area contributed by atoms with E-state index in [0.717, 1.165) is 17.2 Å². The molecule has 0 amide bonds. The molecule has 0 aliphatic rings. The number of rotatable bonds is 6. The van der Waals surface area contributed by atoms with Crippen molar-refractivity contribution in [2.75, 3.05) is 25.1 Å². The van der Waals surface area contributed by atoms with Crippen LogP contribution in [0.15, 0.2) is 5.38 Å². The van der Waals surface area contributed by atoms with E-state index in [0.29, 0.717) is 19.6 Å². The molecule has 0 atom stereocenters. The van der Waals surface area contributed by atoms with E-state index < -0.39 is 0 Å². The number of ether oxygens (including phenoxy) is 1. The van der Waals surface area contributed by atoms with Gasteiger partial charge >= 0.3 is 5.97 Å². The first-order valence-electron chi connectivity index (χ1n) is 5.48. The summed E-state index contributed by atoms with van der Waals surface area (Å²) in [5.41, 5.74) is 1.10. The first-order valence-corrected chi connectivity index (χ1v) is 6.36. The van der Waals surface area contributed by atoms with E-state index >= 15 is 0 Å². The lowest BCUT2D eigenvalue weighted by atomic mass is 10.4. The number of thiazole rings is 1. The molecule has 1 aromatic rings. The molecule has 5 heteroatoms. The zero-order valence-electron chi connectivity index (χ0n) is 10.0. The van der Waals surface area contributed by atoms with Gasteiger partial charge in [-0.05, 0) is 13.3 Å². The van der Waals surface area contributed by atoms with Crippen molar-refractivity contribution in [1.82, 2.24) is 4.98 Å². The predicted octanol–water partition coefficient (Wildman–Crippen LogP) is 2.09. The Hall–Kier alpha value is -1.10. The molecule has 0 aromatic carbocycles. The zero-order chi connectivity index (χ0) is 12.0. The van der Waals surface area contributed by atoms with E-state index in [1.165, 1.54) is 0 Å². The molecule has 0 fully saturated rings. The van der Waals surface area contributed by atoms with Gasteiger partial charge in [0, 0.05) is 19.0 Å². The Bertz CT molecular complexity index is 338. The monoisotopic (exact) mass is 242 g/mol. The van der Waals surface area contributed by atoms with Gasteiger partial charge in [-0.25, -0.2) is 4.98 Å². The minimum Gasteiger partial charge on any atom is -0.466 e. The standard InChI is InChI=1S/C11H18N2O2S/c1-4-9-8-16-11(12-9)13(3)7-6-10(14)15-5-2/h8H,4-7H2,1-3H3. The zero-order valence-corrected chi connectivity index (χ0v) is 10.8. The lowest BCUT2D eigenvalue weighted by Gasteiger charge is -2.14. The fourth-order valence-corrected chi connectivity index (χ4v) is 2.12. The Morgan fingerprint density at radius 3 is 2.88 bits per heavy atom. The molecule has 1 heterocycles. The van der Waals surface area contributed by atoms with Crippen LogP contribution in [0.1, 0.15) is 26.0 Å². The maximum atomic E-state index is 11.2. The predicted molar refractivity (Wildman–Crippen MR) is 66.0 cm³/mol. The van der Waals surface area contributed by atoms with E-state index in [1.807, 2.05) is 18.9 Å². The minimum absolute atomic E-state index is 0.151. The number of anilines is 1. The van der Waals surface area contributed by atoms with Gasteiger partial charge in [-0.1, -0.05) is 6.92 Å². The summed E-state index contributed by atoms with van der Waals surface area (Å²) in [6.07, 6.45) is 1.35. The van der Waals surface area contributed by atoms with Crippen LogP contribution in [0, 0.1) is 0 Å². The number of hydrogen-bond acceptors (Lipinski definition) is 5. The van der Waals surface area contributed by atoms with Gasteiger partial charge < -0.3 is 9.64 Å². The fraction of sp³-hybridized carbons (Fsp3) is 0.636. The molecule has 0 radical (unpaired) electrons. The second kappa shape index (κ2) is 6.48. The second-order valence-corrected chi connectivity index (χ2v) is 4.29. The summed E-state index contributed by atoms with van der Waals surface area (Å²) in [6, 6.07) is 0. The molecule has 0 bridgehead atoms. The molecule has 4 nitrogen and oxygen atoms in total. The summed E-state index contributed by atoms with van der Waals surface area (Å²) in [5, 5.41) is 3.01. The highest BCUT2D eigenvalue weighted by Crippen LogP contribution is 2.19. The topological polar surface area (TPSA) is 42.4 Å². The van der Waals surface area contributed by atoms with E-state index in [1.54, 1.807) is 11.3 Å². The molecule has 1 aromatic heterocycles. The van der Waals surface area contributed by atoms with Crippen molar-refractivity contribution in [2.45, 2.75) is 26.7 Å². The van der Waals surface area contributed by atoms with Crippen molar-refractivity contribution in [2.24, 2.45) is 0 Å². The third-order valence-electron chi connectivity index (χ3n) is 2.19. The van der Waals surface area contributed by atoms with Crippen molar-refractivity contribution in [3.63, 3.8) is 0 Å².